The summed E-state index contributed by atoms with van der Waals surface area (Å²) in [6.45, 7) is 0.698. The molecule has 2 N–H and O–H groups in total. The second-order valence-electron chi connectivity index (χ2n) is 4.47. The lowest BCUT2D eigenvalue weighted by molar-refractivity contribution is 0.431. The number of nitrogens with zero attached hydrogens (tertiary/aromatic N) is 3. The Morgan fingerprint density at radius 3 is 2.89 bits per heavy atom. The van der Waals surface area contributed by atoms with Crippen LogP contribution >= 0.6 is 0 Å². The van der Waals surface area contributed by atoms with E-state index in [0.29, 0.717) is 13.0 Å². The van der Waals surface area contributed by atoms with Crippen LogP contribution in [0.4, 0.5) is 14.7 Å². The number of anilines is 1. The van der Waals surface area contributed by atoms with E-state index in [-0.39, 0.29) is 11.9 Å². The van der Waals surface area contributed by atoms with Gasteiger partial charge in [-0.2, -0.15) is 4.98 Å². The number of benzene rings is 1. The maximum absolute atomic E-state index is 13.2. The molecule has 0 aliphatic carbocycles. The predicted molar refractivity (Wildman–Crippen MR) is 61.9 cm³/mol. The number of hydrogen-bond acceptors (Lipinski definition) is 3. The third-order valence-electron chi connectivity index (χ3n) is 3.30. The van der Waals surface area contributed by atoms with Crippen molar-refractivity contribution < 1.29 is 8.78 Å². The van der Waals surface area contributed by atoms with Crippen molar-refractivity contribution in [1.82, 2.24) is 14.8 Å². The van der Waals surface area contributed by atoms with E-state index >= 15 is 0 Å². The number of halogens is 2. The van der Waals surface area contributed by atoms with Gasteiger partial charge in [0, 0.05) is 13.0 Å². The van der Waals surface area contributed by atoms with Crippen LogP contribution in [0, 0.1) is 11.6 Å². The fourth-order valence-corrected chi connectivity index (χ4v) is 2.38. The fraction of sp³-hybridized carbons (Fsp3) is 0.333. The maximum atomic E-state index is 13.2. The highest BCUT2D eigenvalue weighted by atomic mass is 19.2. The minimum absolute atomic E-state index is 0.135. The van der Waals surface area contributed by atoms with Gasteiger partial charge < -0.3 is 5.73 Å². The molecular weight excluding hydrogens is 238 g/mol. The third-order valence-corrected chi connectivity index (χ3v) is 3.30. The molecule has 2 heterocycles. The van der Waals surface area contributed by atoms with Crippen LogP contribution in [-0.2, 0) is 13.0 Å². The summed E-state index contributed by atoms with van der Waals surface area (Å²) in [5.41, 5.74) is 6.33. The van der Waals surface area contributed by atoms with E-state index in [1.807, 2.05) is 0 Å². The predicted octanol–water partition coefficient (Wildman–Crippen LogP) is 1.87. The maximum Gasteiger partial charge on any atom is 0.239 e. The summed E-state index contributed by atoms with van der Waals surface area (Å²) in [5, 5.41) is 4.06. The molecule has 1 atom stereocenters. The molecule has 1 aromatic carbocycles. The van der Waals surface area contributed by atoms with Crippen LogP contribution in [-0.4, -0.2) is 14.8 Å². The van der Waals surface area contributed by atoms with Crippen LogP contribution in [0.15, 0.2) is 18.2 Å². The molecule has 1 aliphatic heterocycles. The number of nitrogens with two attached hydrogens (primary N) is 1. The van der Waals surface area contributed by atoms with Crippen molar-refractivity contribution in [3.8, 4) is 0 Å². The molecule has 4 nitrogen and oxygen atoms in total. The van der Waals surface area contributed by atoms with E-state index in [2.05, 4.69) is 10.1 Å². The minimum Gasteiger partial charge on any atom is -0.366 e. The largest absolute Gasteiger partial charge is 0.366 e. The zero-order valence-electron chi connectivity index (χ0n) is 9.61. The molecule has 0 amide bonds. The molecule has 0 fully saturated rings. The van der Waals surface area contributed by atoms with Crippen molar-refractivity contribution in [3.63, 3.8) is 0 Å². The fourth-order valence-electron chi connectivity index (χ4n) is 2.38. The van der Waals surface area contributed by atoms with Gasteiger partial charge in [0.1, 0.15) is 5.82 Å². The van der Waals surface area contributed by atoms with Crippen LogP contribution in [0.3, 0.4) is 0 Å². The van der Waals surface area contributed by atoms with Gasteiger partial charge in [-0.3, -0.25) is 0 Å². The molecule has 6 heteroatoms. The summed E-state index contributed by atoms with van der Waals surface area (Å²) in [6.07, 6.45) is 1.47. The van der Waals surface area contributed by atoms with Crippen LogP contribution in [0.1, 0.15) is 23.7 Å². The number of rotatable bonds is 1. The average molecular weight is 250 g/mol. The van der Waals surface area contributed by atoms with Gasteiger partial charge in [-0.25, -0.2) is 13.5 Å². The molecule has 0 saturated carbocycles. The average Bonchev–Trinajstić information content (AvgIpc) is 2.71. The van der Waals surface area contributed by atoms with Crippen LogP contribution < -0.4 is 5.73 Å². The standard InChI is InChI=1S/C12H12F2N4/c13-9-2-1-7(5-10(9)14)8-3-4-18-11(6-8)16-12(15)17-18/h1-2,5,8H,3-4,6H2,(H2,15,17). The smallest absolute Gasteiger partial charge is 0.239 e. The quantitative estimate of drug-likeness (QED) is 0.840. The van der Waals surface area contributed by atoms with Gasteiger partial charge in [0.25, 0.3) is 0 Å². The van der Waals surface area contributed by atoms with Crippen LogP contribution in [0.25, 0.3) is 0 Å². The lowest BCUT2D eigenvalue weighted by atomic mass is 9.90. The van der Waals surface area contributed by atoms with Crippen molar-refractivity contribution in [1.29, 1.82) is 0 Å². The van der Waals surface area contributed by atoms with Crippen molar-refractivity contribution in [3.05, 3.63) is 41.2 Å². The normalized spacial score (nSPS) is 18.7. The molecule has 1 unspecified atom stereocenters. The molecule has 1 aliphatic rings. The summed E-state index contributed by atoms with van der Waals surface area (Å²) in [7, 11) is 0. The van der Waals surface area contributed by atoms with Crippen molar-refractivity contribution in [2.75, 3.05) is 5.73 Å². The van der Waals surface area contributed by atoms with Crippen molar-refractivity contribution in [2.45, 2.75) is 25.3 Å². The zero-order valence-corrected chi connectivity index (χ0v) is 9.61. The Morgan fingerprint density at radius 2 is 2.11 bits per heavy atom. The number of aryl methyl sites for hydroxylation is 1. The Balaban J connectivity index is 1.89. The highest BCUT2D eigenvalue weighted by Gasteiger charge is 2.23. The van der Waals surface area contributed by atoms with Crippen molar-refractivity contribution >= 4 is 5.95 Å². The van der Waals surface area contributed by atoms with E-state index in [9.17, 15) is 8.78 Å². The lowest BCUT2D eigenvalue weighted by Crippen LogP contribution is -2.19. The summed E-state index contributed by atoms with van der Waals surface area (Å²) >= 11 is 0. The first-order valence-electron chi connectivity index (χ1n) is 5.77. The number of hydrogen-bond donors (Lipinski definition) is 1. The minimum atomic E-state index is -0.818. The first-order chi connectivity index (χ1) is 8.63. The molecule has 18 heavy (non-hydrogen) atoms. The third kappa shape index (κ3) is 1.83. The second kappa shape index (κ2) is 4.04. The van der Waals surface area contributed by atoms with E-state index in [1.165, 1.54) is 12.1 Å². The first-order valence-corrected chi connectivity index (χ1v) is 5.77. The number of fused-ring (bicyclic) bond motifs is 1. The Labute approximate surface area is 102 Å². The van der Waals surface area contributed by atoms with Gasteiger partial charge >= 0.3 is 0 Å². The van der Waals surface area contributed by atoms with Gasteiger partial charge in [-0.05, 0) is 30.0 Å². The summed E-state index contributed by atoms with van der Waals surface area (Å²) < 4.78 is 27.9. The Bertz CT molecular complexity index is 594. The molecule has 3 rings (SSSR count). The topological polar surface area (TPSA) is 56.7 Å². The summed E-state index contributed by atoms with van der Waals surface area (Å²) in [5.74, 6) is -0.429. The molecule has 0 saturated heterocycles. The molecule has 0 bridgehead atoms. The number of aromatic nitrogens is 3. The van der Waals surface area contributed by atoms with Gasteiger partial charge in [0.05, 0.1) is 0 Å². The lowest BCUT2D eigenvalue weighted by Gasteiger charge is -2.22. The highest BCUT2D eigenvalue weighted by Crippen LogP contribution is 2.29. The van der Waals surface area contributed by atoms with E-state index in [4.69, 9.17) is 5.73 Å². The van der Waals surface area contributed by atoms with Gasteiger partial charge in [0.15, 0.2) is 11.6 Å². The van der Waals surface area contributed by atoms with E-state index in [1.54, 1.807) is 10.7 Å². The zero-order chi connectivity index (χ0) is 12.7. The Kier molecular flexibility index (Phi) is 2.50. The molecule has 94 valence electrons. The van der Waals surface area contributed by atoms with E-state index < -0.39 is 11.6 Å². The van der Waals surface area contributed by atoms with Crippen LogP contribution in [0.2, 0.25) is 0 Å². The first kappa shape index (κ1) is 11.1. The second-order valence-corrected chi connectivity index (χ2v) is 4.47. The van der Waals surface area contributed by atoms with E-state index in [0.717, 1.165) is 17.8 Å². The molecule has 0 spiro atoms. The van der Waals surface area contributed by atoms with Gasteiger partial charge in [0.2, 0.25) is 5.95 Å². The molecule has 0 radical (unpaired) electrons. The van der Waals surface area contributed by atoms with Gasteiger partial charge in [-0.1, -0.05) is 6.07 Å². The van der Waals surface area contributed by atoms with Crippen molar-refractivity contribution in [2.24, 2.45) is 0 Å². The highest BCUT2D eigenvalue weighted by molar-refractivity contribution is 5.25. The van der Waals surface area contributed by atoms with Crippen LogP contribution in [0.5, 0.6) is 0 Å². The molecular formula is C12H12F2N4. The SMILES string of the molecule is Nc1nc2n(n1)CCC(c1ccc(F)c(F)c1)C2. The Hall–Kier alpha value is -1.98. The molecule has 2 aromatic rings. The Morgan fingerprint density at radius 1 is 1.28 bits per heavy atom. The monoisotopic (exact) mass is 250 g/mol. The summed E-state index contributed by atoms with van der Waals surface area (Å²) in [6, 6.07) is 4.05. The van der Waals surface area contributed by atoms with Gasteiger partial charge in [-0.15, -0.1) is 5.10 Å². The summed E-state index contributed by atoms with van der Waals surface area (Å²) in [4.78, 5) is 4.13. The molecule has 1 aromatic heterocycles. The number of nitrogen functional groups attached to an aromatic ring is 1.